The van der Waals surface area contributed by atoms with Gasteiger partial charge < -0.3 is 25.3 Å². The summed E-state index contributed by atoms with van der Waals surface area (Å²) in [6.45, 7) is 3.87. The Morgan fingerprint density at radius 3 is 2.50 bits per heavy atom. The molecule has 0 aliphatic heterocycles. The van der Waals surface area contributed by atoms with E-state index in [1.165, 1.54) is 0 Å². The summed E-state index contributed by atoms with van der Waals surface area (Å²) in [6.07, 6.45) is 3.51. The highest BCUT2D eigenvalue weighted by Gasteiger charge is 2.04. The summed E-state index contributed by atoms with van der Waals surface area (Å²) in [5.41, 5.74) is 8.03. The number of rotatable bonds is 10. The van der Waals surface area contributed by atoms with Gasteiger partial charge in [-0.2, -0.15) is 0 Å². The van der Waals surface area contributed by atoms with Crippen molar-refractivity contribution in [2.75, 3.05) is 27.4 Å². The Morgan fingerprint density at radius 2 is 1.86 bits per heavy atom. The van der Waals surface area contributed by atoms with Crippen LogP contribution >= 0.6 is 24.0 Å². The molecule has 1 aromatic heterocycles. The zero-order valence-electron chi connectivity index (χ0n) is 16.6. The number of hydrogen-bond acceptors (Lipinski definition) is 5. The molecule has 8 heteroatoms. The molecule has 0 saturated heterocycles. The number of aromatic nitrogens is 1. The van der Waals surface area contributed by atoms with Gasteiger partial charge in [0.15, 0.2) is 17.5 Å². The quantitative estimate of drug-likeness (QED) is 0.296. The maximum Gasteiger partial charge on any atom is 0.213 e. The van der Waals surface area contributed by atoms with Crippen LogP contribution in [-0.2, 0) is 13.0 Å². The SMILES string of the molecule is CCCOc1ccc(CN=C(N)NCCc2ccc(OC)c(OC)c2)cn1.I. The molecule has 3 N–H and O–H groups in total. The lowest BCUT2D eigenvalue weighted by molar-refractivity contribution is 0.305. The van der Waals surface area contributed by atoms with Crippen LogP contribution in [0.4, 0.5) is 0 Å². The Hall–Kier alpha value is -2.23. The van der Waals surface area contributed by atoms with Gasteiger partial charge >= 0.3 is 0 Å². The fraction of sp³-hybridized carbons (Fsp3) is 0.400. The number of benzene rings is 1. The van der Waals surface area contributed by atoms with Crippen LogP contribution < -0.4 is 25.3 Å². The molecule has 0 aliphatic carbocycles. The maximum atomic E-state index is 5.93. The van der Waals surface area contributed by atoms with Crippen LogP contribution in [0.25, 0.3) is 0 Å². The Kier molecular flexibility index (Phi) is 11.1. The number of hydrogen-bond donors (Lipinski definition) is 2. The minimum atomic E-state index is 0. The molecule has 1 heterocycles. The highest BCUT2D eigenvalue weighted by molar-refractivity contribution is 14.0. The topological polar surface area (TPSA) is 91.0 Å². The van der Waals surface area contributed by atoms with E-state index in [-0.39, 0.29) is 24.0 Å². The van der Waals surface area contributed by atoms with E-state index in [1.807, 2.05) is 30.3 Å². The molecule has 0 bridgehead atoms. The molecule has 7 nitrogen and oxygen atoms in total. The first kappa shape index (κ1) is 23.8. The number of nitrogens with one attached hydrogen (secondary N) is 1. The van der Waals surface area contributed by atoms with Crippen molar-refractivity contribution in [1.82, 2.24) is 10.3 Å². The third-order valence-corrected chi connectivity index (χ3v) is 3.85. The summed E-state index contributed by atoms with van der Waals surface area (Å²) in [7, 11) is 3.25. The minimum Gasteiger partial charge on any atom is -0.493 e. The number of methoxy groups -OCH3 is 2. The number of nitrogens with two attached hydrogens (primary N) is 1. The molecule has 1 aromatic carbocycles. The summed E-state index contributed by atoms with van der Waals surface area (Å²) in [5, 5.41) is 3.12. The van der Waals surface area contributed by atoms with E-state index in [9.17, 15) is 0 Å². The van der Waals surface area contributed by atoms with Crippen molar-refractivity contribution < 1.29 is 14.2 Å². The van der Waals surface area contributed by atoms with Crippen molar-refractivity contribution in [3.05, 3.63) is 47.7 Å². The van der Waals surface area contributed by atoms with Gasteiger partial charge in [-0.3, -0.25) is 0 Å². The molecule has 0 saturated carbocycles. The molecule has 28 heavy (non-hydrogen) atoms. The number of halogens is 1. The van der Waals surface area contributed by atoms with Crippen LogP contribution in [0.2, 0.25) is 0 Å². The van der Waals surface area contributed by atoms with Crippen LogP contribution in [-0.4, -0.2) is 38.3 Å². The van der Waals surface area contributed by atoms with Crippen molar-refractivity contribution in [3.63, 3.8) is 0 Å². The average molecular weight is 500 g/mol. The van der Waals surface area contributed by atoms with Gasteiger partial charge in [0, 0.05) is 18.8 Å². The zero-order valence-corrected chi connectivity index (χ0v) is 18.9. The van der Waals surface area contributed by atoms with Gasteiger partial charge in [0.05, 0.1) is 27.4 Å². The summed E-state index contributed by atoms with van der Waals surface area (Å²) in [4.78, 5) is 8.59. The van der Waals surface area contributed by atoms with E-state index in [0.29, 0.717) is 31.5 Å². The lowest BCUT2D eigenvalue weighted by atomic mass is 10.1. The Morgan fingerprint density at radius 1 is 1.11 bits per heavy atom. The highest BCUT2D eigenvalue weighted by atomic mass is 127. The summed E-state index contributed by atoms with van der Waals surface area (Å²) in [6, 6.07) is 9.65. The van der Waals surface area contributed by atoms with Crippen LogP contribution in [0.3, 0.4) is 0 Å². The fourth-order valence-electron chi connectivity index (χ4n) is 2.40. The van der Waals surface area contributed by atoms with E-state index >= 15 is 0 Å². The lowest BCUT2D eigenvalue weighted by Gasteiger charge is -2.10. The van der Waals surface area contributed by atoms with Gasteiger partial charge in [0.2, 0.25) is 5.88 Å². The predicted molar refractivity (Wildman–Crippen MR) is 122 cm³/mol. The van der Waals surface area contributed by atoms with Crippen LogP contribution in [0.15, 0.2) is 41.5 Å². The Bertz CT molecular complexity index is 739. The van der Waals surface area contributed by atoms with Gasteiger partial charge in [0.1, 0.15) is 0 Å². The average Bonchev–Trinajstić information content (AvgIpc) is 2.71. The number of aliphatic imine (C=N–C) groups is 1. The number of pyridine rings is 1. The van der Waals surface area contributed by atoms with E-state index in [2.05, 4.69) is 22.2 Å². The van der Waals surface area contributed by atoms with E-state index < -0.39 is 0 Å². The van der Waals surface area contributed by atoms with Crippen molar-refractivity contribution >= 4 is 29.9 Å². The summed E-state index contributed by atoms with van der Waals surface area (Å²) >= 11 is 0. The molecule has 0 aliphatic rings. The maximum absolute atomic E-state index is 5.93. The number of guanidine groups is 1. The smallest absolute Gasteiger partial charge is 0.213 e. The second kappa shape index (κ2) is 13.0. The van der Waals surface area contributed by atoms with Gasteiger partial charge in [-0.1, -0.05) is 19.1 Å². The molecule has 154 valence electrons. The minimum absolute atomic E-state index is 0. The van der Waals surface area contributed by atoms with Crippen LogP contribution in [0, 0.1) is 0 Å². The standard InChI is InChI=1S/C20H28N4O3.HI/c1-4-11-27-19-8-6-16(13-23-19)14-24-20(21)22-10-9-15-5-7-17(25-2)18(12-15)26-3;/h5-8,12-13H,4,9-11,14H2,1-3H3,(H3,21,22,24);1H. The first-order valence-electron chi connectivity index (χ1n) is 8.98. The number of ether oxygens (including phenoxy) is 3. The molecule has 2 aromatic rings. The van der Waals surface area contributed by atoms with E-state index in [1.54, 1.807) is 20.4 Å². The fourth-order valence-corrected chi connectivity index (χ4v) is 2.40. The number of nitrogens with zero attached hydrogens (tertiary/aromatic N) is 2. The molecule has 0 spiro atoms. The molecule has 0 unspecified atom stereocenters. The van der Waals surface area contributed by atoms with Crippen molar-refractivity contribution in [1.29, 1.82) is 0 Å². The third-order valence-electron chi connectivity index (χ3n) is 3.85. The molecule has 2 rings (SSSR count). The van der Waals surface area contributed by atoms with E-state index in [0.717, 1.165) is 35.5 Å². The Balaban J connectivity index is 0.00000392. The molecule has 0 atom stereocenters. The largest absolute Gasteiger partial charge is 0.493 e. The first-order chi connectivity index (χ1) is 13.2. The summed E-state index contributed by atoms with van der Waals surface area (Å²) < 4.78 is 16.0. The third kappa shape index (κ3) is 7.79. The van der Waals surface area contributed by atoms with Crippen molar-refractivity contribution in [3.8, 4) is 17.4 Å². The Labute approximate surface area is 183 Å². The van der Waals surface area contributed by atoms with Crippen molar-refractivity contribution in [2.24, 2.45) is 10.7 Å². The van der Waals surface area contributed by atoms with Crippen LogP contribution in [0.5, 0.6) is 17.4 Å². The molecule has 0 fully saturated rings. The van der Waals surface area contributed by atoms with Gasteiger partial charge in [-0.25, -0.2) is 9.98 Å². The highest BCUT2D eigenvalue weighted by Crippen LogP contribution is 2.27. The molecule has 0 radical (unpaired) electrons. The normalized spacial score (nSPS) is 10.8. The van der Waals surface area contributed by atoms with Gasteiger partial charge in [-0.15, -0.1) is 24.0 Å². The van der Waals surface area contributed by atoms with Gasteiger partial charge in [0.25, 0.3) is 0 Å². The lowest BCUT2D eigenvalue weighted by Crippen LogP contribution is -2.33. The van der Waals surface area contributed by atoms with Crippen molar-refractivity contribution in [2.45, 2.75) is 26.3 Å². The molecular formula is C20H29IN4O3. The second-order valence-corrected chi connectivity index (χ2v) is 5.92. The first-order valence-corrected chi connectivity index (χ1v) is 8.98. The molecular weight excluding hydrogens is 471 g/mol. The monoisotopic (exact) mass is 500 g/mol. The zero-order chi connectivity index (χ0) is 19.5. The van der Waals surface area contributed by atoms with E-state index in [4.69, 9.17) is 19.9 Å². The molecule has 0 amide bonds. The summed E-state index contributed by atoms with van der Waals surface area (Å²) in [5.74, 6) is 2.47. The van der Waals surface area contributed by atoms with Gasteiger partial charge in [-0.05, 0) is 36.1 Å². The van der Waals surface area contributed by atoms with Crippen LogP contribution in [0.1, 0.15) is 24.5 Å². The second-order valence-electron chi connectivity index (χ2n) is 5.92. The predicted octanol–water partition coefficient (Wildman–Crippen LogP) is 3.15.